The van der Waals surface area contributed by atoms with E-state index in [1.165, 1.54) is 19.2 Å². The minimum absolute atomic E-state index is 0.0197. The second-order valence-corrected chi connectivity index (χ2v) is 5.45. The molecule has 0 aromatic heterocycles. The maximum atomic E-state index is 12.4. The highest BCUT2D eigenvalue weighted by Gasteiger charge is 2.27. The predicted octanol–water partition coefficient (Wildman–Crippen LogP) is 2.96. The van der Waals surface area contributed by atoms with Crippen LogP contribution in [0.4, 0.5) is 5.69 Å². The van der Waals surface area contributed by atoms with Gasteiger partial charge >= 0.3 is 5.97 Å². The molecule has 7 heteroatoms. The van der Waals surface area contributed by atoms with Gasteiger partial charge in [0.25, 0.3) is 5.69 Å². The number of ether oxygens (including phenoxy) is 1. The molecule has 0 bridgehead atoms. The molecule has 128 valence electrons. The smallest absolute Gasteiger partial charge is 0.342 e. The van der Waals surface area contributed by atoms with Crippen molar-refractivity contribution in [1.29, 1.82) is 0 Å². The third-order valence-corrected chi connectivity index (χ3v) is 3.81. The first-order chi connectivity index (χ1) is 11.5. The van der Waals surface area contributed by atoms with Crippen LogP contribution in [0.5, 0.6) is 0 Å². The summed E-state index contributed by atoms with van der Waals surface area (Å²) in [5.41, 5.74) is 0.948. The molecule has 2 rings (SSSR count). The van der Waals surface area contributed by atoms with Crippen molar-refractivity contribution in [3.8, 4) is 0 Å². The van der Waals surface area contributed by atoms with Gasteiger partial charge in [0.2, 0.25) is 0 Å². The first-order valence-electron chi connectivity index (χ1n) is 7.74. The zero-order valence-electron chi connectivity index (χ0n) is 14.1. The van der Waals surface area contributed by atoms with E-state index in [0.717, 1.165) is 19.4 Å². The minimum atomic E-state index is -0.476. The molecule has 0 saturated carbocycles. The number of unbranched alkanes of at least 4 members (excludes halogenated alkanes) is 1. The average Bonchev–Trinajstić information content (AvgIpc) is 2.94. The summed E-state index contributed by atoms with van der Waals surface area (Å²) < 4.78 is 4.95. The van der Waals surface area contributed by atoms with Crippen molar-refractivity contribution in [3.05, 3.63) is 58.2 Å². The lowest BCUT2D eigenvalue weighted by molar-refractivity contribution is -0.384. The zero-order chi connectivity index (χ0) is 17.7. The van der Waals surface area contributed by atoms with Crippen molar-refractivity contribution >= 4 is 17.2 Å². The highest BCUT2D eigenvalue weighted by molar-refractivity contribution is 6.17. The first-order valence-corrected chi connectivity index (χ1v) is 7.74. The topological polar surface area (TPSA) is 75.9 Å². The van der Waals surface area contributed by atoms with E-state index < -0.39 is 10.9 Å². The summed E-state index contributed by atoms with van der Waals surface area (Å²) in [6, 6.07) is 5.91. The Morgan fingerprint density at radius 3 is 2.46 bits per heavy atom. The Balaban J connectivity index is 2.50. The summed E-state index contributed by atoms with van der Waals surface area (Å²) in [6.45, 7) is 2.88. The molecule has 0 N–H and O–H groups in total. The van der Waals surface area contributed by atoms with Crippen molar-refractivity contribution in [1.82, 2.24) is 9.80 Å². The number of benzene rings is 1. The molecular formula is C17H21N3O4. The number of rotatable bonds is 6. The van der Waals surface area contributed by atoms with Gasteiger partial charge in [-0.1, -0.05) is 13.3 Å². The van der Waals surface area contributed by atoms with Gasteiger partial charge in [0, 0.05) is 38.1 Å². The van der Waals surface area contributed by atoms with E-state index in [-0.39, 0.29) is 5.69 Å². The van der Waals surface area contributed by atoms with Crippen LogP contribution in [0.15, 0.2) is 42.5 Å². The van der Waals surface area contributed by atoms with Crippen LogP contribution >= 0.6 is 0 Å². The van der Waals surface area contributed by atoms with E-state index in [1.54, 1.807) is 12.1 Å². The maximum Gasteiger partial charge on any atom is 0.342 e. The number of carbonyl (C=O) groups excluding carboxylic acids is 1. The van der Waals surface area contributed by atoms with Gasteiger partial charge in [0.15, 0.2) is 0 Å². The molecule has 0 spiro atoms. The van der Waals surface area contributed by atoms with Crippen LogP contribution in [0.1, 0.15) is 25.3 Å². The fourth-order valence-corrected chi connectivity index (χ4v) is 2.54. The van der Waals surface area contributed by atoms with Crippen LogP contribution in [0.3, 0.4) is 0 Å². The molecule has 24 heavy (non-hydrogen) atoms. The Hall–Kier alpha value is -2.83. The van der Waals surface area contributed by atoms with Gasteiger partial charge in [0.1, 0.15) is 11.4 Å². The summed E-state index contributed by atoms with van der Waals surface area (Å²) in [4.78, 5) is 26.6. The van der Waals surface area contributed by atoms with Crippen molar-refractivity contribution in [2.45, 2.75) is 19.8 Å². The molecule has 1 heterocycles. The number of methoxy groups -OCH3 is 1. The van der Waals surface area contributed by atoms with Crippen LogP contribution in [0, 0.1) is 10.1 Å². The number of nitro benzene ring substituents is 1. The molecule has 1 aromatic rings. The Morgan fingerprint density at radius 2 is 1.92 bits per heavy atom. The molecule has 0 amide bonds. The van der Waals surface area contributed by atoms with Crippen molar-refractivity contribution in [3.63, 3.8) is 0 Å². The third kappa shape index (κ3) is 3.56. The summed E-state index contributed by atoms with van der Waals surface area (Å²) in [7, 11) is 3.18. The van der Waals surface area contributed by atoms with Gasteiger partial charge in [-0.15, -0.1) is 0 Å². The molecule has 0 unspecified atom stereocenters. The molecule has 1 aliphatic rings. The van der Waals surface area contributed by atoms with Crippen LogP contribution in [0.2, 0.25) is 0 Å². The third-order valence-electron chi connectivity index (χ3n) is 3.81. The average molecular weight is 331 g/mol. The summed E-state index contributed by atoms with van der Waals surface area (Å²) in [5, 5.41) is 10.8. The van der Waals surface area contributed by atoms with Gasteiger partial charge in [-0.25, -0.2) is 4.79 Å². The van der Waals surface area contributed by atoms with Gasteiger partial charge < -0.3 is 14.5 Å². The lowest BCUT2D eigenvalue weighted by atomic mass is 10.0. The van der Waals surface area contributed by atoms with E-state index in [1.807, 2.05) is 29.2 Å². The van der Waals surface area contributed by atoms with E-state index in [2.05, 4.69) is 6.92 Å². The van der Waals surface area contributed by atoms with E-state index in [4.69, 9.17) is 4.74 Å². The summed E-state index contributed by atoms with van der Waals surface area (Å²) in [5.74, 6) is 0.236. The monoisotopic (exact) mass is 331 g/mol. The van der Waals surface area contributed by atoms with Crippen molar-refractivity contribution in [2.75, 3.05) is 20.7 Å². The van der Waals surface area contributed by atoms with Crippen LogP contribution in [-0.4, -0.2) is 41.4 Å². The van der Waals surface area contributed by atoms with Gasteiger partial charge in [-0.05, 0) is 24.1 Å². The number of hydrogen-bond acceptors (Lipinski definition) is 6. The maximum absolute atomic E-state index is 12.4. The normalized spacial score (nSPS) is 15.6. The second kappa shape index (κ2) is 7.63. The molecule has 0 aliphatic carbocycles. The van der Waals surface area contributed by atoms with E-state index in [0.29, 0.717) is 17.0 Å². The molecule has 0 fully saturated rings. The Bertz CT molecular complexity index is 680. The summed E-state index contributed by atoms with van der Waals surface area (Å²) >= 11 is 0. The second-order valence-electron chi connectivity index (χ2n) is 5.45. The van der Waals surface area contributed by atoms with Crippen LogP contribution in [-0.2, 0) is 9.53 Å². The molecule has 1 aromatic carbocycles. The zero-order valence-corrected chi connectivity index (χ0v) is 14.1. The van der Waals surface area contributed by atoms with Gasteiger partial charge in [0.05, 0.1) is 12.0 Å². The number of hydrogen-bond donors (Lipinski definition) is 0. The van der Waals surface area contributed by atoms with Crippen molar-refractivity contribution < 1.29 is 14.5 Å². The Morgan fingerprint density at radius 1 is 1.25 bits per heavy atom. The number of carbonyl (C=O) groups is 1. The van der Waals surface area contributed by atoms with Crippen molar-refractivity contribution in [2.24, 2.45) is 0 Å². The predicted molar refractivity (Wildman–Crippen MR) is 90.5 cm³/mol. The number of esters is 1. The first kappa shape index (κ1) is 17.5. The largest absolute Gasteiger partial charge is 0.465 e. The van der Waals surface area contributed by atoms with E-state index >= 15 is 0 Å². The fourth-order valence-electron chi connectivity index (χ4n) is 2.54. The minimum Gasteiger partial charge on any atom is -0.465 e. The molecule has 0 saturated heterocycles. The molecule has 0 atom stereocenters. The number of non-ortho nitro benzene ring substituents is 1. The molecule has 7 nitrogen and oxygen atoms in total. The number of nitrogens with zero attached hydrogens (tertiary/aromatic N) is 3. The SMILES string of the molecule is CCCCN1C=CN(C)/C1=C(/C(=O)OC)c1ccc([N+](=O)[O-])cc1. The molecular weight excluding hydrogens is 310 g/mol. The quantitative estimate of drug-likeness (QED) is 0.345. The standard InChI is InChI=1S/C17H21N3O4/c1-4-5-10-19-12-11-18(2)16(19)15(17(21)24-3)13-6-8-14(9-7-13)20(22)23/h6-9,11-12H,4-5,10H2,1-3H3/b16-15-. The highest BCUT2D eigenvalue weighted by Crippen LogP contribution is 2.30. The number of nitro groups is 1. The summed E-state index contributed by atoms with van der Waals surface area (Å²) in [6.07, 6.45) is 5.81. The Kier molecular flexibility index (Phi) is 5.57. The Labute approximate surface area is 141 Å². The highest BCUT2D eigenvalue weighted by atomic mass is 16.6. The van der Waals surface area contributed by atoms with Gasteiger partial charge in [-0.3, -0.25) is 10.1 Å². The van der Waals surface area contributed by atoms with Crippen LogP contribution < -0.4 is 0 Å². The van der Waals surface area contributed by atoms with E-state index in [9.17, 15) is 14.9 Å². The van der Waals surface area contributed by atoms with Gasteiger partial charge in [-0.2, -0.15) is 0 Å². The van der Waals surface area contributed by atoms with Crippen LogP contribution in [0.25, 0.3) is 5.57 Å². The molecule has 1 aliphatic heterocycles. The molecule has 0 radical (unpaired) electrons. The lowest BCUT2D eigenvalue weighted by Crippen LogP contribution is -2.25. The fraction of sp³-hybridized carbons (Fsp3) is 0.353. The lowest BCUT2D eigenvalue weighted by Gasteiger charge is -2.25.